The number of aryl methyl sites for hydroxylation is 2. The Balaban J connectivity index is 0.00000484. The molecule has 5 heteroatoms. The van der Waals surface area contributed by atoms with Crippen LogP contribution in [0.1, 0.15) is 37.8 Å². The fourth-order valence-electron chi connectivity index (χ4n) is 2.74. The van der Waals surface area contributed by atoms with Crippen molar-refractivity contribution in [3.63, 3.8) is 0 Å². The topological polar surface area (TPSA) is 38.3 Å². The first-order chi connectivity index (χ1) is 10.3. The van der Waals surface area contributed by atoms with Gasteiger partial charge >= 0.3 is 0 Å². The van der Waals surface area contributed by atoms with Gasteiger partial charge in [0.2, 0.25) is 0 Å². The predicted molar refractivity (Wildman–Crippen MR) is 99.1 cm³/mol. The predicted octanol–water partition coefficient (Wildman–Crippen LogP) is 4.71. The average molecular weight is 413 g/mol. The fraction of sp³-hybridized carbons (Fsp3) is 0.611. The van der Waals surface area contributed by atoms with E-state index in [0.29, 0.717) is 0 Å². The van der Waals surface area contributed by atoms with Crippen molar-refractivity contribution in [1.82, 2.24) is 0 Å². The molecule has 1 N–H and O–H groups in total. The molecule has 0 bridgehead atoms. The summed E-state index contributed by atoms with van der Waals surface area (Å²) >= 11 is 0. The number of amides is 1. The average Bonchev–Trinajstić information content (AvgIpc) is 2.47. The molecular weight excluding hydrogens is 382 g/mol. The van der Waals surface area contributed by atoms with Gasteiger partial charge in [0.25, 0.3) is 5.91 Å². The molecule has 1 atom stereocenters. The van der Waals surface area contributed by atoms with E-state index in [1.165, 1.54) is 0 Å². The summed E-state index contributed by atoms with van der Waals surface area (Å²) in [4.78, 5) is 12.9. The Bertz CT molecular complexity index is 509. The third kappa shape index (κ3) is 6.11. The second-order valence-electron chi connectivity index (χ2n) is 6.52. The fourth-order valence-corrected chi connectivity index (χ4v) is 4.83. The number of carbonyl (C=O) groups excluding carboxylic acids is 1. The molecule has 127 valence electrons. The molecule has 0 saturated carbocycles. The van der Waals surface area contributed by atoms with E-state index in [2.05, 4.69) is 32.5 Å². The van der Waals surface area contributed by atoms with Crippen LogP contribution < -0.4 is 10.1 Å². The van der Waals surface area contributed by atoms with Crippen molar-refractivity contribution in [3.8, 4) is 5.75 Å². The third-order valence-corrected chi connectivity index (χ3v) is 8.32. The van der Waals surface area contributed by atoms with Crippen LogP contribution in [-0.2, 0) is 37.5 Å². The minimum Gasteiger partial charge on any atom is -0.497 e. The van der Waals surface area contributed by atoms with Crippen molar-refractivity contribution in [1.29, 1.82) is 0 Å². The van der Waals surface area contributed by atoms with E-state index >= 15 is 0 Å². The summed E-state index contributed by atoms with van der Waals surface area (Å²) in [6.45, 7) is 13.0. The van der Waals surface area contributed by atoms with E-state index in [1.54, 1.807) is 7.11 Å². The summed E-state index contributed by atoms with van der Waals surface area (Å²) in [7, 11) is 0.439. The Kier molecular flexibility index (Phi) is 10.1. The molecule has 0 aromatic heterocycles. The summed E-state index contributed by atoms with van der Waals surface area (Å²) in [5.74, 6) is 1.01. The van der Waals surface area contributed by atoms with Crippen LogP contribution in [0.4, 0.5) is 5.69 Å². The second-order valence-corrected chi connectivity index (χ2v) is 11.3. The molecule has 1 radical (unpaired) electrons. The smallest absolute Gasteiger partial charge is 0.265 e. The van der Waals surface area contributed by atoms with E-state index in [1.807, 2.05) is 26.0 Å². The first kappa shape index (κ1) is 23.0. The zero-order valence-corrected chi connectivity index (χ0v) is 19.4. The molecule has 3 nitrogen and oxygen atoms in total. The second kappa shape index (κ2) is 10.1. The van der Waals surface area contributed by atoms with E-state index in [4.69, 9.17) is 4.74 Å². The maximum Gasteiger partial charge on any atom is 0.265 e. The van der Waals surface area contributed by atoms with Gasteiger partial charge in [-0.25, -0.2) is 0 Å². The maximum absolute atomic E-state index is 12.9. The van der Waals surface area contributed by atoms with Crippen molar-refractivity contribution in [2.45, 2.75) is 46.2 Å². The van der Waals surface area contributed by atoms with Crippen LogP contribution in [0.15, 0.2) is 12.1 Å². The third-order valence-electron chi connectivity index (χ3n) is 4.51. The molecule has 1 unspecified atom stereocenters. The van der Waals surface area contributed by atoms with Crippen molar-refractivity contribution in [2.75, 3.05) is 31.9 Å². The molecule has 0 aliphatic heterocycles. The van der Waals surface area contributed by atoms with Crippen LogP contribution in [0, 0.1) is 13.8 Å². The quantitative estimate of drug-likeness (QED) is 0.658. The van der Waals surface area contributed by atoms with Crippen molar-refractivity contribution in [2.24, 2.45) is 0 Å². The molecule has 0 aliphatic rings. The van der Waals surface area contributed by atoms with Gasteiger partial charge in [-0.1, -0.05) is 13.3 Å². The van der Waals surface area contributed by atoms with Crippen molar-refractivity contribution in [3.05, 3.63) is 23.3 Å². The minimum absolute atomic E-state index is 0. The van der Waals surface area contributed by atoms with Crippen LogP contribution >= 0.6 is 7.26 Å². The van der Waals surface area contributed by atoms with Gasteiger partial charge in [-0.05, 0) is 50.5 Å². The SMILES string of the molecule is CCCC(C(=O)Nc1c(C)cc(OC)cc1C)[P+](C)(C)CC.[Y]. The summed E-state index contributed by atoms with van der Waals surface area (Å²) in [5.41, 5.74) is 3.17. The van der Waals surface area contributed by atoms with E-state index in [0.717, 1.165) is 41.6 Å². The van der Waals surface area contributed by atoms with Crippen LogP contribution in [-0.4, -0.2) is 38.2 Å². The maximum atomic E-state index is 12.9. The zero-order chi connectivity index (χ0) is 16.9. The Hall–Kier alpha value is 0.0239. The number of hydrogen-bond donors (Lipinski definition) is 1. The van der Waals surface area contributed by atoms with Crippen LogP contribution in [0.25, 0.3) is 0 Å². The first-order valence-corrected chi connectivity index (χ1v) is 11.0. The number of rotatable bonds is 7. The van der Waals surface area contributed by atoms with Gasteiger partial charge in [-0.3, -0.25) is 4.79 Å². The monoisotopic (exact) mass is 413 g/mol. The number of ether oxygens (including phenoxy) is 1. The van der Waals surface area contributed by atoms with Gasteiger partial charge in [0.05, 0.1) is 13.3 Å². The Labute approximate surface area is 167 Å². The zero-order valence-electron chi connectivity index (χ0n) is 15.7. The number of hydrogen-bond acceptors (Lipinski definition) is 2. The first-order valence-electron chi connectivity index (χ1n) is 8.05. The van der Waals surface area contributed by atoms with Crippen LogP contribution in [0.3, 0.4) is 0 Å². The van der Waals surface area contributed by atoms with Gasteiger partial charge in [0.15, 0.2) is 0 Å². The standard InChI is InChI=1S/C18H30NO2P.Y/c1-8-10-16(22(6,7)9-2)18(20)19-17-13(3)11-15(21-5)12-14(17)4;/h11-12,16H,8-10H2,1-7H3;/p+1. The molecule has 23 heavy (non-hydrogen) atoms. The molecule has 0 aliphatic carbocycles. The number of benzene rings is 1. The van der Waals surface area contributed by atoms with E-state index in [-0.39, 0.29) is 44.3 Å². The van der Waals surface area contributed by atoms with E-state index < -0.39 is 7.26 Å². The summed E-state index contributed by atoms with van der Waals surface area (Å²) in [6, 6.07) is 3.94. The van der Waals surface area contributed by atoms with Crippen molar-refractivity contribution < 1.29 is 42.2 Å². The molecule has 1 amide bonds. The van der Waals surface area contributed by atoms with Crippen LogP contribution in [0.5, 0.6) is 5.75 Å². The van der Waals surface area contributed by atoms with Crippen LogP contribution in [0.2, 0.25) is 0 Å². The van der Waals surface area contributed by atoms with Gasteiger partial charge in [0, 0.05) is 59.0 Å². The molecule has 1 aromatic rings. The Morgan fingerprint density at radius 1 is 1.22 bits per heavy atom. The normalized spacial score (nSPS) is 12.3. The van der Waals surface area contributed by atoms with Gasteiger partial charge in [-0.15, -0.1) is 0 Å². The van der Waals surface area contributed by atoms with Gasteiger partial charge < -0.3 is 10.1 Å². The molecule has 0 fully saturated rings. The molecule has 1 rings (SSSR count). The minimum atomic E-state index is -1.23. The molecule has 0 saturated heterocycles. The van der Waals surface area contributed by atoms with Gasteiger partial charge in [0.1, 0.15) is 11.4 Å². The number of nitrogens with one attached hydrogen (secondary N) is 1. The summed E-state index contributed by atoms with van der Waals surface area (Å²) in [5, 5.41) is 3.19. The van der Waals surface area contributed by atoms with Gasteiger partial charge in [-0.2, -0.15) is 0 Å². The van der Waals surface area contributed by atoms with Crippen molar-refractivity contribution >= 4 is 18.9 Å². The summed E-state index contributed by atoms with van der Waals surface area (Å²) < 4.78 is 5.29. The Morgan fingerprint density at radius 3 is 2.13 bits per heavy atom. The number of carbonyl (C=O) groups is 1. The Morgan fingerprint density at radius 2 is 1.74 bits per heavy atom. The molecular formula is C18H31NO2PY+. The molecule has 0 spiro atoms. The van der Waals surface area contributed by atoms with E-state index in [9.17, 15) is 4.79 Å². The summed E-state index contributed by atoms with van der Waals surface area (Å²) in [6.07, 6.45) is 3.11. The molecule has 1 aromatic carbocycles. The number of methoxy groups -OCH3 is 1. The number of anilines is 1. The largest absolute Gasteiger partial charge is 0.497 e. The molecule has 0 heterocycles.